The number of H-pyrrole nitrogens is 1. The molecule has 0 saturated carbocycles. The summed E-state index contributed by atoms with van der Waals surface area (Å²) in [5, 5.41) is 6.62. The molecule has 0 aliphatic carbocycles. The van der Waals surface area contributed by atoms with Gasteiger partial charge in [0.05, 0.1) is 6.54 Å². The second-order valence-electron chi connectivity index (χ2n) is 3.45. The van der Waals surface area contributed by atoms with E-state index < -0.39 is 0 Å². The van der Waals surface area contributed by atoms with Crippen LogP contribution in [0.15, 0.2) is 29.3 Å². The number of hydrogen-bond acceptors (Lipinski definition) is 4. The maximum atomic E-state index is 11.6. The minimum Gasteiger partial charge on any atom is -0.343 e. The Bertz CT molecular complexity index is 586. The highest BCUT2D eigenvalue weighted by Gasteiger charge is 2.07. The molecule has 0 atom stereocenters. The molecule has 2 aromatic rings. The third-order valence-electron chi connectivity index (χ3n) is 2.07. The molecule has 2 heterocycles. The molecule has 0 aliphatic rings. The van der Waals surface area contributed by atoms with Gasteiger partial charge < -0.3 is 10.3 Å². The predicted octanol–water partition coefficient (Wildman–Crippen LogP) is -0.567. The second kappa shape index (κ2) is 4.60. The van der Waals surface area contributed by atoms with Crippen LogP contribution in [0.2, 0.25) is 0 Å². The summed E-state index contributed by atoms with van der Waals surface area (Å²) in [7, 11) is 1.74. The third-order valence-corrected chi connectivity index (χ3v) is 2.07. The Morgan fingerprint density at radius 3 is 3.00 bits per heavy atom. The summed E-state index contributed by atoms with van der Waals surface area (Å²) >= 11 is 0. The number of pyridine rings is 1. The van der Waals surface area contributed by atoms with Gasteiger partial charge in [-0.2, -0.15) is 5.10 Å². The van der Waals surface area contributed by atoms with Crippen LogP contribution < -0.4 is 10.9 Å². The molecule has 2 aromatic heterocycles. The molecule has 2 N–H and O–H groups in total. The molecule has 88 valence electrons. The van der Waals surface area contributed by atoms with Gasteiger partial charge in [-0.05, 0) is 6.07 Å². The van der Waals surface area contributed by atoms with Crippen LogP contribution in [0.5, 0.6) is 0 Å². The average molecular weight is 233 g/mol. The monoisotopic (exact) mass is 233 g/mol. The lowest BCUT2D eigenvalue weighted by atomic mass is 10.3. The van der Waals surface area contributed by atoms with Crippen LogP contribution >= 0.6 is 0 Å². The molecule has 0 spiro atoms. The summed E-state index contributed by atoms with van der Waals surface area (Å²) in [5.41, 5.74) is -0.0953. The number of carbonyl (C=O) groups is 1. The van der Waals surface area contributed by atoms with Crippen molar-refractivity contribution in [3.8, 4) is 0 Å². The molecule has 0 radical (unpaired) electrons. The van der Waals surface area contributed by atoms with Crippen LogP contribution in [0, 0.1) is 0 Å². The summed E-state index contributed by atoms with van der Waals surface area (Å²) in [5.74, 6) is 0.147. The summed E-state index contributed by atoms with van der Waals surface area (Å²) in [6.07, 6.45) is 1.55. The van der Waals surface area contributed by atoms with Crippen molar-refractivity contribution in [3.63, 3.8) is 0 Å². The van der Waals surface area contributed by atoms with Crippen LogP contribution in [0.1, 0.15) is 16.3 Å². The van der Waals surface area contributed by atoms with E-state index in [9.17, 15) is 9.59 Å². The van der Waals surface area contributed by atoms with E-state index in [1.807, 2.05) is 0 Å². The van der Waals surface area contributed by atoms with Crippen molar-refractivity contribution >= 4 is 5.91 Å². The van der Waals surface area contributed by atoms with E-state index in [1.54, 1.807) is 18.1 Å². The van der Waals surface area contributed by atoms with Crippen LogP contribution in [0.25, 0.3) is 0 Å². The number of aromatic nitrogens is 4. The minimum atomic E-state index is -0.366. The van der Waals surface area contributed by atoms with E-state index in [0.29, 0.717) is 5.82 Å². The fourth-order valence-electron chi connectivity index (χ4n) is 1.30. The van der Waals surface area contributed by atoms with Crippen molar-refractivity contribution in [2.45, 2.75) is 6.54 Å². The molecular formula is C10H11N5O2. The lowest BCUT2D eigenvalue weighted by Gasteiger charge is -2.01. The SMILES string of the molecule is Cn1cnc(CNC(=O)c2cccc(=O)[nH]2)n1. The number of hydrogen-bond donors (Lipinski definition) is 2. The highest BCUT2D eigenvalue weighted by molar-refractivity contribution is 5.91. The smallest absolute Gasteiger partial charge is 0.268 e. The van der Waals surface area contributed by atoms with Gasteiger partial charge in [-0.25, -0.2) is 4.98 Å². The van der Waals surface area contributed by atoms with Gasteiger partial charge in [-0.3, -0.25) is 14.3 Å². The Kier molecular flexibility index (Phi) is 2.99. The van der Waals surface area contributed by atoms with Crippen molar-refractivity contribution in [2.75, 3.05) is 0 Å². The fourth-order valence-corrected chi connectivity index (χ4v) is 1.30. The molecule has 0 fully saturated rings. The Hall–Kier alpha value is -2.44. The topological polar surface area (TPSA) is 92.7 Å². The quantitative estimate of drug-likeness (QED) is 0.742. The van der Waals surface area contributed by atoms with Gasteiger partial charge in [-0.1, -0.05) is 6.07 Å². The van der Waals surface area contributed by atoms with Gasteiger partial charge >= 0.3 is 0 Å². The molecule has 2 rings (SSSR count). The molecule has 17 heavy (non-hydrogen) atoms. The van der Waals surface area contributed by atoms with Crippen LogP contribution in [-0.4, -0.2) is 25.7 Å². The highest BCUT2D eigenvalue weighted by Crippen LogP contribution is 1.92. The lowest BCUT2D eigenvalue weighted by Crippen LogP contribution is -2.26. The van der Waals surface area contributed by atoms with Gasteiger partial charge in [0, 0.05) is 13.1 Å². The molecule has 0 aliphatic heterocycles. The first-order chi connectivity index (χ1) is 8.15. The molecule has 7 nitrogen and oxygen atoms in total. The number of nitrogens with zero attached hydrogens (tertiary/aromatic N) is 3. The van der Waals surface area contributed by atoms with Gasteiger partial charge in [0.1, 0.15) is 12.0 Å². The molecular weight excluding hydrogens is 222 g/mol. The molecule has 7 heteroatoms. The highest BCUT2D eigenvalue weighted by atomic mass is 16.2. The predicted molar refractivity (Wildman–Crippen MR) is 59.2 cm³/mol. The number of aromatic amines is 1. The van der Waals surface area contributed by atoms with Crippen molar-refractivity contribution in [1.29, 1.82) is 0 Å². The summed E-state index contributed by atoms with van der Waals surface area (Å²) < 4.78 is 1.55. The molecule has 0 aromatic carbocycles. The minimum absolute atomic E-state index is 0.216. The Balaban J connectivity index is 2.00. The zero-order valence-corrected chi connectivity index (χ0v) is 9.17. The lowest BCUT2D eigenvalue weighted by molar-refractivity contribution is 0.0944. The van der Waals surface area contributed by atoms with E-state index in [2.05, 4.69) is 20.4 Å². The van der Waals surface area contributed by atoms with Crippen molar-refractivity contribution in [3.05, 3.63) is 46.4 Å². The number of carbonyl (C=O) groups excluding carboxylic acids is 1. The summed E-state index contributed by atoms with van der Waals surface area (Å²) in [6.45, 7) is 0.219. The largest absolute Gasteiger partial charge is 0.343 e. The standard InChI is InChI=1S/C10H11N5O2/c1-15-6-12-8(14-15)5-11-10(17)7-3-2-4-9(16)13-7/h2-4,6H,5H2,1H3,(H,11,17)(H,13,16). The maximum absolute atomic E-state index is 11.6. The third kappa shape index (κ3) is 2.77. The van der Waals surface area contributed by atoms with Crippen LogP contribution in [-0.2, 0) is 13.6 Å². The van der Waals surface area contributed by atoms with Crippen molar-refractivity contribution < 1.29 is 4.79 Å². The summed E-state index contributed by atoms with van der Waals surface area (Å²) in [6, 6.07) is 4.40. The van der Waals surface area contributed by atoms with Gasteiger partial charge in [0.25, 0.3) is 5.91 Å². The van der Waals surface area contributed by atoms with Crippen molar-refractivity contribution in [1.82, 2.24) is 25.1 Å². The number of nitrogens with one attached hydrogen (secondary N) is 2. The first kappa shape index (κ1) is 11.1. The first-order valence-corrected chi connectivity index (χ1v) is 4.97. The Morgan fingerprint density at radius 2 is 2.35 bits per heavy atom. The van der Waals surface area contributed by atoms with E-state index in [4.69, 9.17) is 0 Å². The van der Waals surface area contributed by atoms with Gasteiger partial charge in [0.2, 0.25) is 5.56 Å². The number of aryl methyl sites for hydroxylation is 1. The van der Waals surface area contributed by atoms with Gasteiger partial charge in [0.15, 0.2) is 5.82 Å². The van der Waals surface area contributed by atoms with Gasteiger partial charge in [-0.15, -0.1) is 0 Å². The molecule has 0 bridgehead atoms. The number of rotatable bonds is 3. The normalized spacial score (nSPS) is 10.2. The Labute approximate surface area is 96.5 Å². The molecule has 0 unspecified atom stereocenters. The zero-order valence-electron chi connectivity index (χ0n) is 9.17. The maximum Gasteiger partial charge on any atom is 0.268 e. The first-order valence-electron chi connectivity index (χ1n) is 4.97. The van der Waals surface area contributed by atoms with Crippen molar-refractivity contribution in [2.24, 2.45) is 7.05 Å². The van der Waals surface area contributed by atoms with E-state index >= 15 is 0 Å². The second-order valence-corrected chi connectivity index (χ2v) is 3.45. The molecule has 1 amide bonds. The van der Waals surface area contributed by atoms with E-state index in [-0.39, 0.29) is 23.7 Å². The average Bonchev–Trinajstić information content (AvgIpc) is 2.72. The van der Waals surface area contributed by atoms with E-state index in [1.165, 1.54) is 18.2 Å². The zero-order chi connectivity index (χ0) is 12.3. The fraction of sp³-hybridized carbons (Fsp3) is 0.200. The molecule has 0 saturated heterocycles. The van der Waals surface area contributed by atoms with E-state index in [0.717, 1.165) is 0 Å². The number of amides is 1. The van der Waals surface area contributed by atoms with Crippen LogP contribution in [0.3, 0.4) is 0 Å². The van der Waals surface area contributed by atoms with Crippen LogP contribution in [0.4, 0.5) is 0 Å². The Morgan fingerprint density at radius 1 is 1.53 bits per heavy atom. The summed E-state index contributed by atoms with van der Waals surface area (Å²) in [4.78, 5) is 29.0.